The Morgan fingerprint density at radius 2 is 1.77 bits per heavy atom. The van der Waals surface area contributed by atoms with Crippen LogP contribution in [0.15, 0.2) is 63.1 Å². The molecule has 0 aliphatic rings. The van der Waals surface area contributed by atoms with Gasteiger partial charge in [-0.3, -0.25) is 4.79 Å². The Hall–Kier alpha value is -2.76. The van der Waals surface area contributed by atoms with Gasteiger partial charge in [0.1, 0.15) is 5.82 Å². The fourth-order valence-electron chi connectivity index (χ4n) is 2.34. The number of nitrogens with one attached hydrogen (secondary N) is 1. The predicted octanol–water partition coefficient (Wildman–Crippen LogP) is 2.68. The lowest BCUT2D eigenvalue weighted by atomic mass is 10.2. The van der Waals surface area contributed by atoms with Crippen molar-refractivity contribution in [3.8, 4) is 0 Å². The topological polar surface area (TPSA) is 105 Å². The van der Waals surface area contributed by atoms with Gasteiger partial charge in [-0.05, 0) is 42.0 Å². The van der Waals surface area contributed by atoms with E-state index >= 15 is 0 Å². The molecule has 11 heteroatoms. The van der Waals surface area contributed by atoms with Gasteiger partial charge >= 0.3 is 0 Å². The normalized spacial score (nSPS) is 11.6. The van der Waals surface area contributed by atoms with Crippen molar-refractivity contribution in [2.45, 2.75) is 22.4 Å². The van der Waals surface area contributed by atoms with Crippen molar-refractivity contribution in [3.05, 3.63) is 71.4 Å². The summed E-state index contributed by atoms with van der Waals surface area (Å²) in [5, 5.41) is 10.8. The number of thioether (sulfide) groups is 1. The molecule has 0 atom stereocenters. The number of carbonyl (C=O) groups is 1. The van der Waals surface area contributed by atoms with Gasteiger partial charge in [-0.15, -0.1) is 10.2 Å². The minimum atomic E-state index is -3.55. The second kappa shape index (κ2) is 9.37. The number of amides is 1. The summed E-state index contributed by atoms with van der Waals surface area (Å²) in [5.41, 5.74) is 1.22. The van der Waals surface area contributed by atoms with Crippen LogP contribution in [0.5, 0.6) is 0 Å². The quantitative estimate of drug-likeness (QED) is 0.526. The van der Waals surface area contributed by atoms with Crippen molar-refractivity contribution in [1.29, 1.82) is 0 Å². The first kappa shape index (κ1) is 21.9. The van der Waals surface area contributed by atoms with Gasteiger partial charge in [0.05, 0.1) is 11.4 Å². The molecule has 1 heterocycles. The third-order valence-electron chi connectivity index (χ3n) is 4.02. The number of carbonyl (C=O) groups excluding carboxylic acids is 1. The molecule has 1 N–H and O–H groups in total. The van der Waals surface area contributed by atoms with Gasteiger partial charge in [-0.2, -0.15) is 0 Å². The number of hydrogen-bond acceptors (Lipinski definition) is 7. The zero-order valence-corrected chi connectivity index (χ0v) is 17.8. The Kier molecular flexibility index (Phi) is 6.85. The van der Waals surface area contributed by atoms with Gasteiger partial charge < -0.3 is 9.73 Å². The minimum Gasteiger partial charge on any atom is -0.414 e. The summed E-state index contributed by atoms with van der Waals surface area (Å²) < 4.78 is 43.6. The highest BCUT2D eigenvalue weighted by Gasteiger charge is 2.17. The van der Waals surface area contributed by atoms with Crippen LogP contribution in [0.1, 0.15) is 21.8 Å². The first-order valence-corrected chi connectivity index (χ1v) is 11.2. The molecule has 0 aliphatic carbocycles. The van der Waals surface area contributed by atoms with Crippen molar-refractivity contribution in [2.75, 3.05) is 14.1 Å². The average Bonchev–Trinajstić information content (AvgIpc) is 3.19. The molecule has 1 aromatic heterocycles. The summed E-state index contributed by atoms with van der Waals surface area (Å²) in [5.74, 6) is 0.0732. The smallest absolute Gasteiger partial charge is 0.276 e. The van der Waals surface area contributed by atoms with Crippen molar-refractivity contribution < 1.29 is 22.0 Å². The Morgan fingerprint density at radius 3 is 2.40 bits per heavy atom. The summed E-state index contributed by atoms with van der Waals surface area (Å²) >= 11 is 1.30. The molecule has 8 nitrogen and oxygen atoms in total. The van der Waals surface area contributed by atoms with E-state index in [2.05, 4.69) is 15.5 Å². The summed E-state index contributed by atoms with van der Waals surface area (Å²) in [7, 11) is -0.678. The van der Waals surface area contributed by atoms with E-state index in [-0.39, 0.29) is 23.1 Å². The Bertz CT molecular complexity index is 1110. The van der Waals surface area contributed by atoms with Crippen molar-refractivity contribution in [3.63, 3.8) is 0 Å². The Labute approximate surface area is 177 Å². The molecule has 0 aliphatic heterocycles. The van der Waals surface area contributed by atoms with Crippen LogP contribution >= 0.6 is 11.8 Å². The van der Waals surface area contributed by atoms with Crippen LogP contribution < -0.4 is 5.32 Å². The summed E-state index contributed by atoms with van der Waals surface area (Å²) in [6.45, 7) is 0.0285. The van der Waals surface area contributed by atoms with Gasteiger partial charge in [-0.1, -0.05) is 23.9 Å². The van der Waals surface area contributed by atoms with E-state index in [1.54, 1.807) is 12.1 Å². The summed E-state index contributed by atoms with van der Waals surface area (Å²) in [4.78, 5) is 12.4. The largest absolute Gasteiger partial charge is 0.414 e. The van der Waals surface area contributed by atoms with Crippen LogP contribution in [0.3, 0.4) is 0 Å². The molecule has 158 valence electrons. The maximum Gasteiger partial charge on any atom is 0.276 e. The zero-order valence-electron chi connectivity index (χ0n) is 16.2. The number of sulfonamides is 1. The number of aromatic nitrogens is 2. The van der Waals surface area contributed by atoms with Gasteiger partial charge in [0.25, 0.3) is 11.1 Å². The fraction of sp³-hybridized carbons (Fsp3) is 0.211. The lowest BCUT2D eigenvalue weighted by Crippen LogP contribution is -2.24. The van der Waals surface area contributed by atoms with Crippen LogP contribution in [0.25, 0.3) is 0 Å². The van der Waals surface area contributed by atoms with E-state index in [4.69, 9.17) is 4.42 Å². The second-order valence-corrected chi connectivity index (χ2v) is 9.45. The second-order valence-electron chi connectivity index (χ2n) is 6.37. The highest BCUT2D eigenvalue weighted by Crippen LogP contribution is 2.21. The first-order chi connectivity index (χ1) is 14.3. The lowest BCUT2D eigenvalue weighted by molar-refractivity contribution is 0.0946. The molecule has 2 aromatic carbocycles. The molecule has 3 rings (SSSR count). The Morgan fingerprint density at radius 1 is 1.10 bits per heavy atom. The maximum absolute atomic E-state index is 12.9. The fourth-order valence-corrected chi connectivity index (χ4v) is 3.98. The first-order valence-electron chi connectivity index (χ1n) is 8.76. The molecule has 0 spiro atoms. The van der Waals surface area contributed by atoms with Gasteiger partial charge in [0, 0.05) is 25.4 Å². The lowest BCUT2D eigenvalue weighted by Gasteiger charge is -2.11. The number of benzene rings is 2. The molecule has 0 saturated heterocycles. The van der Waals surface area contributed by atoms with Crippen LogP contribution in [0.4, 0.5) is 4.39 Å². The average molecular weight is 451 g/mol. The summed E-state index contributed by atoms with van der Waals surface area (Å²) in [6, 6.07) is 11.7. The van der Waals surface area contributed by atoms with E-state index in [0.29, 0.717) is 16.5 Å². The molecule has 3 aromatic rings. The number of halogens is 1. The third kappa shape index (κ3) is 5.43. The molecule has 0 unspecified atom stereocenters. The molecular weight excluding hydrogens is 431 g/mol. The molecule has 0 saturated carbocycles. The molecule has 0 fully saturated rings. The monoisotopic (exact) mass is 450 g/mol. The van der Waals surface area contributed by atoms with Crippen LogP contribution in [0.2, 0.25) is 0 Å². The summed E-state index contributed by atoms with van der Waals surface area (Å²) in [6.07, 6.45) is 0. The van der Waals surface area contributed by atoms with E-state index in [1.807, 2.05) is 0 Å². The van der Waals surface area contributed by atoms with E-state index in [0.717, 1.165) is 9.87 Å². The minimum absolute atomic E-state index is 0.0285. The number of hydrogen-bond donors (Lipinski definition) is 1. The van der Waals surface area contributed by atoms with Gasteiger partial charge in [-0.25, -0.2) is 17.1 Å². The van der Waals surface area contributed by atoms with Crippen LogP contribution in [-0.4, -0.2) is 42.9 Å². The van der Waals surface area contributed by atoms with Crippen molar-refractivity contribution in [2.24, 2.45) is 0 Å². The highest BCUT2D eigenvalue weighted by molar-refractivity contribution is 7.98. The van der Waals surface area contributed by atoms with Crippen LogP contribution in [-0.2, 0) is 22.3 Å². The predicted molar refractivity (Wildman–Crippen MR) is 109 cm³/mol. The molecule has 0 radical (unpaired) electrons. The Balaban J connectivity index is 1.53. The van der Waals surface area contributed by atoms with Gasteiger partial charge in [0.15, 0.2) is 0 Å². The standard InChI is InChI=1S/C19H19FN4O4S2/c1-24(2)30(26,27)16-9-5-14(6-10-16)18(25)21-11-17-22-23-19(28-17)29-12-13-3-7-15(20)8-4-13/h3-10H,11-12H2,1-2H3,(H,21,25). The van der Waals surface area contributed by atoms with Gasteiger partial charge in [0.2, 0.25) is 15.9 Å². The van der Waals surface area contributed by atoms with Crippen molar-refractivity contribution in [1.82, 2.24) is 19.8 Å². The molecule has 0 bridgehead atoms. The maximum atomic E-state index is 12.9. The van der Waals surface area contributed by atoms with E-state index in [1.165, 1.54) is 62.3 Å². The third-order valence-corrected chi connectivity index (χ3v) is 6.74. The van der Waals surface area contributed by atoms with E-state index in [9.17, 15) is 17.6 Å². The highest BCUT2D eigenvalue weighted by atomic mass is 32.2. The molecule has 1 amide bonds. The number of rotatable bonds is 8. The van der Waals surface area contributed by atoms with Crippen LogP contribution in [0, 0.1) is 5.82 Å². The molecular formula is C19H19FN4O4S2. The molecule has 30 heavy (non-hydrogen) atoms. The zero-order chi connectivity index (χ0) is 21.7. The number of nitrogens with zero attached hydrogens (tertiary/aromatic N) is 3. The SMILES string of the molecule is CN(C)S(=O)(=O)c1ccc(C(=O)NCc2nnc(SCc3ccc(F)cc3)o2)cc1. The van der Waals surface area contributed by atoms with Crippen molar-refractivity contribution >= 4 is 27.7 Å². The van der Waals surface area contributed by atoms with E-state index < -0.39 is 15.9 Å².